The molecule has 1 fully saturated rings. The molecule has 1 N–H and O–H groups in total. The van der Waals surface area contributed by atoms with E-state index in [1.165, 1.54) is 0 Å². The van der Waals surface area contributed by atoms with E-state index < -0.39 is 5.92 Å². The van der Waals surface area contributed by atoms with Crippen molar-refractivity contribution in [1.82, 2.24) is 15.1 Å². The predicted octanol–water partition coefficient (Wildman–Crippen LogP) is 3.72. The van der Waals surface area contributed by atoms with Gasteiger partial charge in [-0.2, -0.15) is 4.98 Å². The summed E-state index contributed by atoms with van der Waals surface area (Å²) in [6.45, 7) is 0.304. The van der Waals surface area contributed by atoms with Crippen molar-refractivity contribution in [2.24, 2.45) is 5.92 Å². The Morgan fingerprint density at radius 3 is 2.89 bits per heavy atom. The number of rotatable bonds is 7. The quantitative estimate of drug-likeness (QED) is 0.439. The minimum absolute atomic E-state index is 0.0968. The molecule has 0 radical (unpaired) electrons. The average molecular weight is 470 g/mol. The topological polar surface area (TPSA) is 110 Å². The van der Waals surface area contributed by atoms with Crippen molar-refractivity contribution in [2.45, 2.75) is 12.8 Å². The van der Waals surface area contributed by atoms with E-state index in [9.17, 15) is 9.59 Å². The summed E-state index contributed by atoms with van der Waals surface area (Å²) >= 11 is 0. The summed E-state index contributed by atoms with van der Waals surface area (Å²) in [4.78, 5) is 35.9. The van der Waals surface area contributed by atoms with Gasteiger partial charge in [0.1, 0.15) is 5.75 Å². The molecule has 4 aromatic rings. The molecule has 0 spiro atoms. The number of amides is 2. The minimum atomic E-state index is -0.470. The van der Waals surface area contributed by atoms with E-state index in [1.807, 2.05) is 48.5 Å². The maximum atomic E-state index is 13.1. The Kier molecular flexibility index (Phi) is 6.21. The number of hydrogen-bond donors (Lipinski definition) is 1. The lowest BCUT2D eigenvalue weighted by Gasteiger charge is -2.18. The van der Waals surface area contributed by atoms with E-state index in [0.29, 0.717) is 41.8 Å². The summed E-state index contributed by atoms with van der Waals surface area (Å²) in [5.74, 6) is 0.757. The Morgan fingerprint density at radius 2 is 2.06 bits per heavy atom. The molecule has 2 amide bonds. The third-order valence-electron chi connectivity index (χ3n) is 5.87. The van der Waals surface area contributed by atoms with Gasteiger partial charge in [-0.3, -0.25) is 14.6 Å². The first-order valence-corrected chi connectivity index (χ1v) is 11.2. The van der Waals surface area contributed by atoms with Crippen molar-refractivity contribution in [3.63, 3.8) is 0 Å². The summed E-state index contributed by atoms with van der Waals surface area (Å²) in [5.41, 5.74) is 2.95. The largest absolute Gasteiger partial charge is 0.497 e. The molecule has 0 aliphatic carbocycles. The second-order valence-electron chi connectivity index (χ2n) is 8.18. The van der Waals surface area contributed by atoms with E-state index in [4.69, 9.17) is 9.26 Å². The van der Waals surface area contributed by atoms with Crippen molar-refractivity contribution in [3.8, 4) is 17.1 Å². The van der Waals surface area contributed by atoms with Crippen LogP contribution in [0.2, 0.25) is 0 Å². The summed E-state index contributed by atoms with van der Waals surface area (Å²) in [7, 11) is 1.58. The lowest BCUT2D eigenvalue weighted by Crippen LogP contribution is -2.28. The molecule has 0 saturated carbocycles. The maximum absolute atomic E-state index is 13.1. The molecule has 0 bridgehead atoms. The number of methoxy groups -OCH3 is 1. The smallest absolute Gasteiger partial charge is 0.231 e. The fourth-order valence-corrected chi connectivity index (χ4v) is 4.04. The highest BCUT2D eigenvalue weighted by molar-refractivity contribution is 6.03. The first kappa shape index (κ1) is 22.3. The SMILES string of the molecule is COc1cccc(N2CC(C(=O)Nc3ccccc3Cc3nc(-c4cccnc4)no3)CC2=O)c1. The Bertz CT molecular complexity index is 1350. The van der Waals surface area contributed by atoms with Crippen LogP contribution in [-0.4, -0.2) is 40.6 Å². The summed E-state index contributed by atoms with van der Waals surface area (Å²) in [6, 6.07) is 18.4. The zero-order valence-electron chi connectivity index (χ0n) is 19.0. The molecule has 35 heavy (non-hydrogen) atoms. The van der Waals surface area contributed by atoms with Crippen LogP contribution in [0.15, 0.2) is 77.6 Å². The number of benzene rings is 2. The number of ether oxygens (including phenoxy) is 1. The Morgan fingerprint density at radius 1 is 1.17 bits per heavy atom. The van der Waals surface area contributed by atoms with Gasteiger partial charge in [-0.15, -0.1) is 0 Å². The van der Waals surface area contributed by atoms with Crippen LogP contribution in [0, 0.1) is 5.92 Å². The minimum Gasteiger partial charge on any atom is -0.497 e. The molecule has 1 aliphatic rings. The monoisotopic (exact) mass is 469 g/mol. The lowest BCUT2D eigenvalue weighted by molar-refractivity contribution is -0.122. The number of aromatic nitrogens is 3. The van der Waals surface area contributed by atoms with Crippen molar-refractivity contribution < 1.29 is 18.8 Å². The zero-order chi connectivity index (χ0) is 24.2. The molecule has 1 unspecified atom stereocenters. The molecule has 1 aliphatic heterocycles. The van der Waals surface area contributed by atoms with Gasteiger partial charge in [0.05, 0.1) is 19.4 Å². The standard InChI is InChI=1S/C26H23N5O4/c1-34-21-9-4-8-20(14-21)31-16-19(13-24(31)32)26(33)28-22-10-3-2-6-17(22)12-23-29-25(30-35-23)18-7-5-11-27-15-18/h2-11,14-15,19H,12-13,16H2,1H3,(H,28,33). The number of carbonyl (C=O) groups is 2. The third-order valence-corrected chi connectivity index (χ3v) is 5.87. The second kappa shape index (κ2) is 9.76. The number of anilines is 2. The molecule has 5 rings (SSSR count). The number of carbonyl (C=O) groups excluding carboxylic acids is 2. The van der Waals surface area contributed by atoms with Crippen molar-refractivity contribution in [1.29, 1.82) is 0 Å². The van der Waals surface area contributed by atoms with Crippen LogP contribution in [0.3, 0.4) is 0 Å². The highest BCUT2D eigenvalue weighted by atomic mass is 16.5. The normalized spacial score (nSPS) is 15.3. The fourth-order valence-electron chi connectivity index (χ4n) is 4.04. The van der Waals surface area contributed by atoms with Gasteiger partial charge in [-0.05, 0) is 35.9 Å². The van der Waals surface area contributed by atoms with Gasteiger partial charge in [0.25, 0.3) is 0 Å². The van der Waals surface area contributed by atoms with E-state index >= 15 is 0 Å². The number of hydrogen-bond acceptors (Lipinski definition) is 7. The van der Waals surface area contributed by atoms with E-state index in [-0.39, 0.29) is 18.2 Å². The van der Waals surface area contributed by atoms with Crippen LogP contribution < -0.4 is 15.0 Å². The molecule has 1 atom stereocenters. The van der Waals surface area contributed by atoms with Gasteiger partial charge in [-0.25, -0.2) is 0 Å². The van der Waals surface area contributed by atoms with Gasteiger partial charge in [0.2, 0.25) is 23.5 Å². The first-order chi connectivity index (χ1) is 17.1. The van der Waals surface area contributed by atoms with Crippen LogP contribution in [0.4, 0.5) is 11.4 Å². The Hall–Kier alpha value is -4.53. The van der Waals surface area contributed by atoms with Crippen LogP contribution >= 0.6 is 0 Å². The zero-order valence-corrected chi connectivity index (χ0v) is 19.0. The molecule has 9 heteroatoms. The van der Waals surface area contributed by atoms with Crippen molar-refractivity contribution >= 4 is 23.2 Å². The number of nitrogens with one attached hydrogen (secondary N) is 1. The highest BCUT2D eigenvalue weighted by Crippen LogP contribution is 2.29. The Balaban J connectivity index is 1.28. The van der Waals surface area contributed by atoms with E-state index in [2.05, 4.69) is 20.4 Å². The van der Waals surface area contributed by atoms with Gasteiger partial charge in [0.15, 0.2) is 0 Å². The molecule has 2 aromatic carbocycles. The molecular weight excluding hydrogens is 446 g/mol. The predicted molar refractivity (Wildman–Crippen MR) is 129 cm³/mol. The Labute approximate surface area is 201 Å². The molecule has 3 heterocycles. The van der Waals surface area contributed by atoms with Gasteiger partial charge in [0, 0.05) is 48.4 Å². The third kappa shape index (κ3) is 4.89. The van der Waals surface area contributed by atoms with Gasteiger partial charge < -0.3 is 19.5 Å². The number of para-hydroxylation sites is 1. The van der Waals surface area contributed by atoms with Crippen molar-refractivity contribution in [3.05, 3.63) is 84.5 Å². The van der Waals surface area contributed by atoms with E-state index in [1.54, 1.807) is 36.5 Å². The molecule has 1 saturated heterocycles. The average Bonchev–Trinajstić information content (AvgIpc) is 3.52. The summed E-state index contributed by atoms with van der Waals surface area (Å²) in [5, 5.41) is 7.01. The van der Waals surface area contributed by atoms with Crippen LogP contribution in [0.5, 0.6) is 5.75 Å². The molecule has 9 nitrogen and oxygen atoms in total. The first-order valence-electron chi connectivity index (χ1n) is 11.2. The molecule has 176 valence electrons. The van der Waals surface area contributed by atoms with Crippen LogP contribution in [-0.2, 0) is 16.0 Å². The van der Waals surface area contributed by atoms with Crippen molar-refractivity contribution in [2.75, 3.05) is 23.9 Å². The van der Waals surface area contributed by atoms with Gasteiger partial charge >= 0.3 is 0 Å². The second-order valence-corrected chi connectivity index (χ2v) is 8.18. The van der Waals surface area contributed by atoms with Crippen LogP contribution in [0.1, 0.15) is 17.9 Å². The van der Waals surface area contributed by atoms with E-state index in [0.717, 1.165) is 11.1 Å². The number of nitrogens with zero attached hydrogens (tertiary/aromatic N) is 4. The lowest BCUT2D eigenvalue weighted by atomic mass is 10.1. The summed E-state index contributed by atoms with van der Waals surface area (Å²) in [6.07, 6.45) is 3.84. The fraction of sp³-hybridized carbons (Fsp3) is 0.192. The van der Waals surface area contributed by atoms with Crippen LogP contribution in [0.25, 0.3) is 11.4 Å². The summed E-state index contributed by atoms with van der Waals surface area (Å²) < 4.78 is 10.7. The maximum Gasteiger partial charge on any atom is 0.231 e. The van der Waals surface area contributed by atoms with Gasteiger partial charge in [-0.1, -0.05) is 29.4 Å². The molecule has 2 aromatic heterocycles. The molecular formula is C26H23N5O4. The highest BCUT2D eigenvalue weighted by Gasteiger charge is 2.35. The number of pyridine rings is 1.